The summed E-state index contributed by atoms with van der Waals surface area (Å²) in [4.78, 5) is 28.2. The number of rotatable bonds is 4. The molecule has 7 heteroatoms. The first-order valence-electron chi connectivity index (χ1n) is 12.0. The Balaban J connectivity index is 1.40. The van der Waals surface area contributed by atoms with Crippen LogP contribution in [0.5, 0.6) is 0 Å². The predicted molar refractivity (Wildman–Crippen MR) is 137 cm³/mol. The Labute approximate surface area is 210 Å². The lowest BCUT2D eigenvalue weighted by atomic mass is 9.89. The van der Waals surface area contributed by atoms with Gasteiger partial charge in [0.2, 0.25) is 11.8 Å². The van der Waals surface area contributed by atoms with E-state index < -0.39 is 0 Å². The van der Waals surface area contributed by atoms with Crippen LogP contribution in [0.25, 0.3) is 5.57 Å². The van der Waals surface area contributed by atoms with Gasteiger partial charge in [-0.25, -0.2) is 0 Å². The normalized spacial score (nSPS) is 20.3. The highest BCUT2D eigenvalue weighted by Crippen LogP contribution is 2.39. The third-order valence-electron chi connectivity index (χ3n) is 7.24. The first kappa shape index (κ1) is 24.5. The van der Waals surface area contributed by atoms with Gasteiger partial charge in [-0.3, -0.25) is 14.5 Å². The van der Waals surface area contributed by atoms with Crippen molar-refractivity contribution in [2.75, 3.05) is 32.7 Å². The fraction of sp³-hybridized carbons (Fsp3) is 0.538. The molecule has 0 bridgehead atoms. The van der Waals surface area contributed by atoms with Gasteiger partial charge < -0.3 is 10.6 Å². The maximum atomic E-state index is 13.0. The number of hydrogen-bond donors (Lipinski definition) is 1. The Morgan fingerprint density at radius 3 is 2.45 bits per heavy atom. The molecule has 0 atom stereocenters. The summed E-state index contributed by atoms with van der Waals surface area (Å²) in [6.07, 6.45) is 8.74. The molecule has 1 aromatic rings. The summed E-state index contributed by atoms with van der Waals surface area (Å²) in [6.45, 7) is 5.79. The summed E-state index contributed by atoms with van der Waals surface area (Å²) in [7, 11) is 0. The number of fused-ring (bicyclic) bond motifs is 1. The fourth-order valence-electron chi connectivity index (χ4n) is 5.37. The zero-order valence-corrected chi connectivity index (χ0v) is 21.7. The van der Waals surface area contributed by atoms with E-state index in [0.29, 0.717) is 18.9 Å². The molecule has 3 aliphatic rings. The van der Waals surface area contributed by atoms with Crippen molar-refractivity contribution in [2.45, 2.75) is 51.9 Å². The number of amides is 2. The minimum atomic E-state index is -0.278. The molecule has 0 saturated carbocycles. The van der Waals surface area contributed by atoms with Crippen molar-refractivity contribution in [3.63, 3.8) is 0 Å². The summed E-state index contributed by atoms with van der Waals surface area (Å²) in [5.74, 6) is 0.397. The molecule has 1 aromatic carbocycles. The van der Waals surface area contributed by atoms with Crippen LogP contribution in [-0.2, 0) is 16.0 Å². The van der Waals surface area contributed by atoms with Crippen LogP contribution >= 0.6 is 27.5 Å². The minimum Gasteiger partial charge on any atom is -0.369 e. The third-order valence-corrected chi connectivity index (χ3v) is 8.08. The lowest BCUT2D eigenvalue weighted by Gasteiger charge is -2.34. The van der Waals surface area contributed by atoms with Crippen LogP contribution in [0.2, 0.25) is 5.02 Å². The molecule has 2 amide bonds. The zero-order chi connectivity index (χ0) is 23.5. The lowest BCUT2D eigenvalue weighted by Crippen LogP contribution is -2.42. The van der Waals surface area contributed by atoms with Gasteiger partial charge in [0.15, 0.2) is 0 Å². The van der Waals surface area contributed by atoms with Crippen LogP contribution in [0.4, 0.5) is 0 Å². The largest absolute Gasteiger partial charge is 0.369 e. The molecule has 178 valence electrons. The first-order chi connectivity index (χ1) is 15.8. The maximum Gasteiger partial charge on any atom is 0.231 e. The standard InChI is InChI=1S/C26H33BrClN3O2/c1-17-2-3-20-14-21(28)15-23(27)26(20)22(12-17)19-6-10-31(11-7-19)25(33)13-18-4-8-30(9-5-18)16-24(29)32/h12,14-15,18H,2-11,13,16H2,1H3,(H2,29,32). The number of likely N-dealkylation sites (tertiary alicyclic amines) is 2. The summed E-state index contributed by atoms with van der Waals surface area (Å²) in [5, 5.41) is 0.769. The Hall–Kier alpha value is -1.63. The number of nitrogens with two attached hydrogens (primary N) is 1. The molecule has 0 aromatic heterocycles. The monoisotopic (exact) mass is 533 g/mol. The minimum absolute atomic E-state index is 0.272. The first-order valence-corrected chi connectivity index (χ1v) is 13.1. The van der Waals surface area contributed by atoms with E-state index in [1.165, 1.54) is 27.8 Å². The van der Waals surface area contributed by atoms with Crippen LogP contribution in [-0.4, -0.2) is 54.3 Å². The quantitative estimate of drug-likeness (QED) is 0.594. The summed E-state index contributed by atoms with van der Waals surface area (Å²) in [6, 6.07) is 4.09. The van der Waals surface area contributed by atoms with Gasteiger partial charge in [-0.05, 0) is 93.3 Å². The molecule has 0 radical (unpaired) electrons. The molecule has 2 fully saturated rings. The van der Waals surface area contributed by atoms with E-state index in [-0.39, 0.29) is 11.8 Å². The molecular formula is C26H33BrClN3O2. The van der Waals surface area contributed by atoms with Crippen LogP contribution < -0.4 is 5.73 Å². The number of piperidine rings is 2. The predicted octanol–water partition coefficient (Wildman–Crippen LogP) is 4.96. The number of hydrogen-bond acceptors (Lipinski definition) is 3. The summed E-state index contributed by atoms with van der Waals surface area (Å²) < 4.78 is 1.06. The molecule has 2 saturated heterocycles. The van der Waals surface area contributed by atoms with E-state index >= 15 is 0 Å². The van der Waals surface area contributed by atoms with Gasteiger partial charge in [-0.1, -0.05) is 44.8 Å². The van der Waals surface area contributed by atoms with E-state index in [1.807, 2.05) is 11.0 Å². The van der Waals surface area contributed by atoms with Crippen molar-refractivity contribution in [3.05, 3.63) is 50.0 Å². The molecule has 4 rings (SSSR count). The second kappa shape index (κ2) is 10.7. The third kappa shape index (κ3) is 6.09. The van der Waals surface area contributed by atoms with Gasteiger partial charge in [-0.2, -0.15) is 0 Å². The van der Waals surface area contributed by atoms with Crippen molar-refractivity contribution < 1.29 is 9.59 Å². The Morgan fingerprint density at radius 2 is 1.79 bits per heavy atom. The molecule has 0 spiro atoms. The van der Waals surface area contributed by atoms with Gasteiger partial charge in [-0.15, -0.1) is 0 Å². The van der Waals surface area contributed by atoms with Crippen LogP contribution in [0, 0.1) is 5.92 Å². The van der Waals surface area contributed by atoms with Gasteiger partial charge in [0.05, 0.1) is 6.54 Å². The molecule has 33 heavy (non-hydrogen) atoms. The Kier molecular flexibility index (Phi) is 7.98. The molecular weight excluding hydrogens is 502 g/mol. The highest BCUT2D eigenvalue weighted by molar-refractivity contribution is 9.10. The molecule has 1 aliphatic carbocycles. The SMILES string of the molecule is CC1=CC(=C2CCN(C(=O)CC3CCN(CC(N)=O)CC3)CC2)c2c(Br)cc(Cl)cc2CC1. The molecule has 2 N–H and O–H groups in total. The van der Waals surface area contributed by atoms with E-state index in [1.54, 1.807) is 0 Å². The van der Waals surface area contributed by atoms with E-state index in [2.05, 4.69) is 39.9 Å². The second-order valence-electron chi connectivity index (χ2n) is 9.70. The number of nitrogens with zero attached hydrogens (tertiary/aromatic N) is 2. The number of aryl methyl sites for hydroxylation is 1. The Morgan fingerprint density at radius 1 is 1.09 bits per heavy atom. The summed E-state index contributed by atoms with van der Waals surface area (Å²) >= 11 is 10.1. The fourth-order valence-corrected chi connectivity index (χ4v) is 6.46. The van der Waals surface area contributed by atoms with Gasteiger partial charge in [0.1, 0.15) is 0 Å². The van der Waals surface area contributed by atoms with Crippen LogP contribution in [0.3, 0.4) is 0 Å². The molecule has 5 nitrogen and oxygen atoms in total. The lowest BCUT2D eigenvalue weighted by molar-refractivity contribution is -0.133. The highest BCUT2D eigenvalue weighted by Gasteiger charge is 2.27. The number of carbonyl (C=O) groups is 2. The Bertz CT molecular complexity index is 985. The van der Waals surface area contributed by atoms with Crippen molar-refractivity contribution in [1.82, 2.24) is 9.80 Å². The van der Waals surface area contributed by atoms with Crippen molar-refractivity contribution >= 4 is 44.9 Å². The van der Waals surface area contributed by atoms with Crippen LogP contribution in [0.1, 0.15) is 56.6 Å². The van der Waals surface area contributed by atoms with Gasteiger partial charge in [0, 0.05) is 29.0 Å². The molecule has 0 unspecified atom stereocenters. The molecule has 2 aliphatic heterocycles. The number of primary amides is 1. The second-order valence-corrected chi connectivity index (χ2v) is 11.0. The average molecular weight is 535 g/mol. The number of halogens is 2. The van der Waals surface area contributed by atoms with Crippen molar-refractivity contribution in [2.24, 2.45) is 11.7 Å². The van der Waals surface area contributed by atoms with Crippen molar-refractivity contribution in [1.29, 1.82) is 0 Å². The average Bonchev–Trinajstić information content (AvgIpc) is 2.94. The van der Waals surface area contributed by atoms with Crippen molar-refractivity contribution in [3.8, 4) is 0 Å². The van der Waals surface area contributed by atoms with E-state index in [4.69, 9.17) is 17.3 Å². The number of allylic oxidation sites excluding steroid dienone is 3. The number of benzene rings is 1. The maximum absolute atomic E-state index is 13.0. The highest BCUT2D eigenvalue weighted by atomic mass is 79.9. The summed E-state index contributed by atoms with van der Waals surface area (Å²) in [5.41, 5.74) is 12.0. The molecule has 2 heterocycles. The topological polar surface area (TPSA) is 66.6 Å². The van der Waals surface area contributed by atoms with Gasteiger partial charge in [0.25, 0.3) is 0 Å². The van der Waals surface area contributed by atoms with Crippen LogP contribution in [0.15, 0.2) is 33.8 Å². The van der Waals surface area contributed by atoms with Gasteiger partial charge >= 0.3 is 0 Å². The van der Waals surface area contributed by atoms with E-state index in [0.717, 1.165) is 74.2 Å². The smallest absolute Gasteiger partial charge is 0.231 e. The number of carbonyl (C=O) groups excluding carboxylic acids is 2. The van der Waals surface area contributed by atoms with E-state index in [9.17, 15) is 9.59 Å². The zero-order valence-electron chi connectivity index (χ0n) is 19.3.